The van der Waals surface area contributed by atoms with Crippen LogP contribution in [0.3, 0.4) is 0 Å². The number of alkyl halides is 2. The summed E-state index contributed by atoms with van der Waals surface area (Å²) < 4.78 is 56.2. The summed E-state index contributed by atoms with van der Waals surface area (Å²) in [6.07, 6.45) is -6.86. The number of ketones is 1. The Morgan fingerprint density at radius 2 is 1.81 bits per heavy atom. The predicted octanol–water partition coefficient (Wildman–Crippen LogP) is 2.09. The number of methoxy groups -OCH3 is 1. The number of carbonyl (C=O) groups excluding carboxylic acids is 3. The van der Waals surface area contributed by atoms with Gasteiger partial charge in [0.25, 0.3) is 6.43 Å². The molecule has 0 aromatic rings. The van der Waals surface area contributed by atoms with E-state index in [1.54, 1.807) is 27.9 Å². The van der Waals surface area contributed by atoms with E-state index < -0.39 is 96.6 Å². The zero-order valence-corrected chi connectivity index (χ0v) is 30.1. The summed E-state index contributed by atoms with van der Waals surface area (Å²) >= 11 is 0. The third-order valence-corrected chi connectivity index (χ3v) is 10.4. The first-order valence-electron chi connectivity index (χ1n) is 17.0. The maximum atomic E-state index is 14.1. The third kappa shape index (κ3) is 9.20. The van der Waals surface area contributed by atoms with Crippen LogP contribution in [0.1, 0.15) is 67.7 Å². The van der Waals surface area contributed by atoms with Crippen molar-refractivity contribution in [2.24, 2.45) is 17.8 Å². The highest BCUT2D eigenvalue weighted by Crippen LogP contribution is 2.37. The zero-order chi connectivity index (χ0) is 36.1. The van der Waals surface area contributed by atoms with E-state index in [0.717, 1.165) is 0 Å². The lowest BCUT2D eigenvalue weighted by Crippen LogP contribution is -2.60. The van der Waals surface area contributed by atoms with E-state index >= 15 is 0 Å². The summed E-state index contributed by atoms with van der Waals surface area (Å²) in [5.74, 6) is -3.44. The van der Waals surface area contributed by atoms with Crippen LogP contribution in [0, 0.1) is 17.8 Å². The van der Waals surface area contributed by atoms with E-state index in [4.69, 9.17) is 23.7 Å². The van der Waals surface area contributed by atoms with Gasteiger partial charge < -0.3 is 49.6 Å². The van der Waals surface area contributed by atoms with Crippen LogP contribution < -0.4 is 16.0 Å². The van der Waals surface area contributed by atoms with Gasteiger partial charge in [-0.3, -0.25) is 9.59 Å². The average molecular weight is 693 g/mol. The van der Waals surface area contributed by atoms with Crippen LogP contribution in [0.2, 0.25) is 0 Å². The number of nitrogens with one attached hydrogen (secondary N) is 3. The van der Waals surface area contributed by atoms with Gasteiger partial charge in [-0.1, -0.05) is 20.8 Å². The molecule has 0 aliphatic carbocycles. The van der Waals surface area contributed by atoms with Gasteiger partial charge in [-0.15, -0.1) is 0 Å². The quantitative estimate of drug-likeness (QED) is 0.207. The van der Waals surface area contributed by atoms with Crippen LogP contribution in [-0.4, -0.2) is 135 Å². The minimum Gasteiger partial charge on any atom is -0.458 e. The fourth-order valence-corrected chi connectivity index (χ4v) is 7.51. The minimum absolute atomic E-state index is 0.0458. The number of amides is 1. The number of carbonyl (C=O) groups is 3. The smallest absolute Gasteiger partial charge is 0.408 e. The molecule has 3 aliphatic rings. The van der Waals surface area contributed by atoms with Gasteiger partial charge in [-0.2, -0.15) is 0 Å². The number of aliphatic hydroxyl groups excluding tert-OH is 1. The Labute approximate surface area is 283 Å². The molecule has 3 heterocycles. The summed E-state index contributed by atoms with van der Waals surface area (Å²) in [7, 11) is 5.11. The van der Waals surface area contributed by atoms with Gasteiger partial charge in [0, 0.05) is 31.7 Å². The number of alkyl carbamates (subject to hydrolysis) is 1. The molecule has 3 fully saturated rings. The van der Waals surface area contributed by atoms with Crippen molar-refractivity contribution in [2.45, 2.75) is 134 Å². The van der Waals surface area contributed by atoms with E-state index in [9.17, 15) is 28.3 Å². The van der Waals surface area contributed by atoms with Crippen molar-refractivity contribution in [3.8, 4) is 0 Å². The maximum Gasteiger partial charge on any atom is 0.408 e. The summed E-state index contributed by atoms with van der Waals surface area (Å²) in [5.41, 5.74) is -2.32. The zero-order valence-electron chi connectivity index (χ0n) is 30.1. The number of nitrogens with zero attached hydrogens (tertiary/aromatic N) is 1. The number of rotatable bonds is 9. The average Bonchev–Trinajstić information content (AvgIpc) is 3.34. The number of esters is 1. The molecule has 3 rings (SSSR count). The van der Waals surface area contributed by atoms with Crippen LogP contribution >= 0.6 is 0 Å². The molecule has 3 aliphatic heterocycles. The Hall–Kier alpha value is -2.01. The van der Waals surface area contributed by atoms with Crippen molar-refractivity contribution < 1.29 is 52.0 Å². The number of fused-ring (bicyclic) bond motifs is 1. The number of ether oxygens (including phenoxy) is 5. The van der Waals surface area contributed by atoms with Crippen molar-refractivity contribution in [2.75, 3.05) is 40.8 Å². The van der Waals surface area contributed by atoms with Gasteiger partial charge in [0.15, 0.2) is 17.7 Å². The molecular weight excluding hydrogens is 634 g/mol. The van der Waals surface area contributed by atoms with Crippen molar-refractivity contribution >= 4 is 17.8 Å². The predicted molar refractivity (Wildman–Crippen MR) is 172 cm³/mol. The maximum absolute atomic E-state index is 14.1. The normalized spacial score (nSPS) is 42.1. The SMILES string of the molecule is CC[C@H]1OC(=O)C(C)C(=O)[C@H](C)[C@@H](OC2OC(CNCC(F)F)CC(N(C)C)C2O)[C@](C)(OC)C[C@@H](C)CN[C@H](C)[C@H]2NC(=O)O[C@@]21C. The van der Waals surface area contributed by atoms with Crippen LogP contribution in [-0.2, 0) is 33.3 Å². The van der Waals surface area contributed by atoms with Crippen LogP contribution in [0.4, 0.5) is 13.6 Å². The van der Waals surface area contributed by atoms with Crippen LogP contribution in [0.15, 0.2) is 0 Å². The molecule has 4 N–H and O–H groups in total. The molecular formula is C33H58F2N4O9. The van der Waals surface area contributed by atoms with Gasteiger partial charge in [0.2, 0.25) is 0 Å². The van der Waals surface area contributed by atoms with Crippen molar-refractivity contribution in [3.05, 3.63) is 0 Å². The number of cyclic esters (lactones) is 1. The number of Topliss-reactive ketones (excluding diaryl/α,β-unsaturated/α-hetero) is 1. The molecule has 13 atom stereocenters. The Balaban J connectivity index is 2.00. The molecule has 0 aromatic heterocycles. The molecule has 0 radical (unpaired) electrons. The largest absolute Gasteiger partial charge is 0.458 e. The monoisotopic (exact) mass is 692 g/mol. The second-order valence-corrected chi connectivity index (χ2v) is 14.5. The van der Waals surface area contributed by atoms with Gasteiger partial charge in [-0.25, -0.2) is 13.6 Å². The topological polar surface area (TPSA) is 157 Å². The lowest BCUT2D eigenvalue weighted by Gasteiger charge is -2.47. The summed E-state index contributed by atoms with van der Waals surface area (Å²) in [4.78, 5) is 42.0. The Kier molecular flexibility index (Phi) is 14.1. The van der Waals surface area contributed by atoms with Crippen molar-refractivity contribution in [1.82, 2.24) is 20.9 Å². The highest BCUT2D eigenvalue weighted by atomic mass is 19.3. The summed E-state index contributed by atoms with van der Waals surface area (Å²) in [6, 6.07) is -1.25. The third-order valence-electron chi connectivity index (χ3n) is 10.4. The first-order valence-corrected chi connectivity index (χ1v) is 17.0. The lowest BCUT2D eigenvalue weighted by atomic mass is 9.78. The second kappa shape index (κ2) is 16.8. The van der Waals surface area contributed by atoms with E-state index in [-0.39, 0.29) is 18.5 Å². The van der Waals surface area contributed by atoms with E-state index in [0.29, 0.717) is 25.8 Å². The van der Waals surface area contributed by atoms with Crippen LogP contribution in [0.25, 0.3) is 0 Å². The number of halogens is 2. The number of likely N-dealkylation sites (N-methyl/N-ethyl adjacent to an activating group) is 1. The van der Waals surface area contributed by atoms with Gasteiger partial charge in [0.05, 0.1) is 30.4 Å². The van der Waals surface area contributed by atoms with Gasteiger partial charge in [0.1, 0.15) is 18.1 Å². The Bertz CT molecular complexity index is 1110. The van der Waals surface area contributed by atoms with Gasteiger partial charge >= 0.3 is 12.1 Å². The number of aliphatic hydroxyl groups is 1. The molecule has 278 valence electrons. The fraction of sp³-hybridized carbons (Fsp3) is 0.909. The van der Waals surface area contributed by atoms with Crippen molar-refractivity contribution in [1.29, 1.82) is 0 Å². The van der Waals surface area contributed by atoms with Crippen molar-refractivity contribution in [3.63, 3.8) is 0 Å². The lowest BCUT2D eigenvalue weighted by molar-refractivity contribution is -0.297. The minimum atomic E-state index is -2.53. The molecule has 0 saturated carbocycles. The number of hydrogen-bond acceptors (Lipinski definition) is 12. The fourth-order valence-electron chi connectivity index (χ4n) is 7.51. The highest BCUT2D eigenvalue weighted by molar-refractivity contribution is 6.00. The van der Waals surface area contributed by atoms with E-state index in [1.165, 1.54) is 14.0 Å². The standard InChI is InChI=1S/C33H58F2N4O9/c1-11-23-33(7)27(38-31(43)48-33)20(5)37-14-17(2)13-32(6,44-10)28(18(3)25(40)19(4)29(42)46-23)47-30-26(41)22(39(8)9)12-21(45-30)15-36-16-24(34)35/h17-24,26-28,30,36-37,41H,11-16H2,1-10H3,(H,38,43)/t17-,18+,19?,20-,21?,22?,23-,26?,27-,28-,30?,32-,33-/m1/s1. The van der Waals surface area contributed by atoms with E-state index in [2.05, 4.69) is 16.0 Å². The molecule has 13 nitrogen and oxygen atoms in total. The second-order valence-electron chi connectivity index (χ2n) is 14.5. The summed E-state index contributed by atoms with van der Waals surface area (Å²) in [5, 5.41) is 20.5. The Morgan fingerprint density at radius 3 is 2.40 bits per heavy atom. The van der Waals surface area contributed by atoms with Gasteiger partial charge in [-0.05, 0) is 73.5 Å². The first kappa shape index (κ1) is 40.4. The molecule has 3 saturated heterocycles. The van der Waals surface area contributed by atoms with E-state index in [1.807, 2.05) is 32.6 Å². The Morgan fingerprint density at radius 1 is 1.15 bits per heavy atom. The highest BCUT2D eigenvalue weighted by Gasteiger charge is 2.55. The van der Waals surface area contributed by atoms with Crippen LogP contribution in [0.5, 0.6) is 0 Å². The molecule has 1 amide bonds. The summed E-state index contributed by atoms with van der Waals surface area (Å²) in [6.45, 7) is 12.5. The molecule has 0 aromatic carbocycles. The molecule has 0 bridgehead atoms. The first-order chi connectivity index (χ1) is 22.4. The number of hydrogen-bond donors (Lipinski definition) is 4. The molecule has 48 heavy (non-hydrogen) atoms. The molecule has 5 unspecified atom stereocenters. The molecule has 0 spiro atoms. The molecule has 15 heteroatoms.